The number of carbonyl (C=O) groups is 1. The molecule has 0 radical (unpaired) electrons. The number of hydrogen-bond acceptors (Lipinski definition) is 7. The largest absolute Gasteiger partial charge is 0.497 e. The number of nitrogens with one attached hydrogen (secondary N) is 1. The van der Waals surface area contributed by atoms with Gasteiger partial charge in [0.05, 0.1) is 17.4 Å². The predicted octanol–water partition coefficient (Wildman–Crippen LogP) is 4.59. The predicted molar refractivity (Wildman–Crippen MR) is 119 cm³/mol. The van der Waals surface area contributed by atoms with Crippen molar-refractivity contribution in [1.29, 1.82) is 0 Å². The standard InChI is InChI=1S/C23H20N2O6S/c1-14-10-19-20(30-14)11-15(23(26)25-22-13-17(29-2)8-9-24-22)12-21(19)31-16-4-6-18(7-5-16)32(3,27)28/h4-13H,1-3H3,(H,24,25,26). The fourth-order valence-electron chi connectivity index (χ4n) is 3.13. The third-order valence-electron chi connectivity index (χ3n) is 4.67. The molecule has 0 fully saturated rings. The molecule has 8 nitrogen and oxygen atoms in total. The van der Waals surface area contributed by atoms with Crippen molar-refractivity contribution in [2.24, 2.45) is 0 Å². The van der Waals surface area contributed by atoms with E-state index in [2.05, 4.69) is 10.3 Å². The zero-order valence-corrected chi connectivity index (χ0v) is 18.4. The van der Waals surface area contributed by atoms with E-state index in [1.165, 1.54) is 25.4 Å². The van der Waals surface area contributed by atoms with Crippen molar-refractivity contribution in [2.75, 3.05) is 18.7 Å². The number of aryl methyl sites for hydroxylation is 1. The average molecular weight is 452 g/mol. The molecule has 4 aromatic rings. The highest BCUT2D eigenvalue weighted by atomic mass is 32.2. The van der Waals surface area contributed by atoms with Crippen molar-refractivity contribution >= 4 is 32.5 Å². The van der Waals surface area contributed by atoms with Gasteiger partial charge in [0, 0.05) is 24.1 Å². The van der Waals surface area contributed by atoms with Crippen LogP contribution in [0.2, 0.25) is 0 Å². The lowest BCUT2D eigenvalue weighted by Gasteiger charge is -2.10. The molecule has 2 aromatic carbocycles. The van der Waals surface area contributed by atoms with Crippen molar-refractivity contribution in [3.05, 3.63) is 72.1 Å². The molecule has 0 spiro atoms. The lowest BCUT2D eigenvalue weighted by atomic mass is 10.1. The summed E-state index contributed by atoms with van der Waals surface area (Å²) in [4.78, 5) is 17.2. The zero-order chi connectivity index (χ0) is 22.9. The van der Waals surface area contributed by atoms with E-state index in [4.69, 9.17) is 13.9 Å². The molecule has 0 aliphatic heterocycles. The number of ether oxygens (including phenoxy) is 2. The Morgan fingerprint density at radius 3 is 2.47 bits per heavy atom. The van der Waals surface area contributed by atoms with E-state index < -0.39 is 15.7 Å². The SMILES string of the molecule is COc1ccnc(NC(=O)c2cc(Oc3ccc(S(C)(=O)=O)cc3)c3cc(C)oc3c2)c1. The Balaban J connectivity index is 1.67. The Kier molecular flexibility index (Phi) is 5.58. The summed E-state index contributed by atoms with van der Waals surface area (Å²) in [5.41, 5.74) is 0.788. The van der Waals surface area contributed by atoms with Gasteiger partial charge in [-0.25, -0.2) is 13.4 Å². The molecule has 0 saturated carbocycles. The van der Waals surface area contributed by atoms with Crippen LogP contribution in [0, 0.1) is 6.92 Å². The Morgan fingerprint density at radius 1 is 1.03 bits per heavy atom. The van der Waals surface area contributed by atoms with Gasteiger partial charge < -0.3 is 19.2 Å². The summed E-state index contributed by atoms with van der Waals surface area (Å²) in [6.07, 6.45) is 2.67. The number of carbonyl (C=O) groups excluding carboxylic acids is 1. The van der Waals surface area contributed by atoms with Crippen LogP contribution in [-0.4, -0.2) is 32.7 Å². The number of nitrogens with zero attached hydrogens (tertiary/aromatic N) is 1. The fourth-order valence-corrected chi connectivity index (χ4v) is 3.76. The molecule has 32 heavy (non-hydrogen) atoms. The molecule has 0 bridgehead atoms. The van der Waals surface area contributed by atoms with Crippen molar-refractivity contribution in [3.8, 4) is 17.2 Å². The minimum Gasteiger partial charge on any atom is -0.497 e. The molecule has 2 aromatic heterocycles. The van der Waals surface area contributed by atoms with Crippen LogP contribution < -0.4 is 14.8 Å². The molecule has 0 saturated heterocycles. The second-order valence-corrected chi connectivity index (χ2v) is 9.14. The van der Waals surface area contributed by atoms with E-state index in [0.29, 0.717) is 45.4 Å². The van der Waals surface area contributed by atoms with E-state index in [1.807, 2.05) is 0 Å². The summed E-state index contributed by atoms with van der Waals surface area (Å²) in [6, 6.07) is 14.4. The van der Waals surface area contributed by atoms with Crippen LogP contribution in [-0.2, 0) is 9.84 Å². The first-order valence-electron chi connectivity index (χ1n) is 9.56. The number of hydrogen-bond donors (Lipinski definition) is 1. The molecule has 9 heteroatoms. The highest BCUT2D eigenvalue weighted by Gasteiger charge is 2.16. The smallest absolute Gasteiger partial charge is 0.257 e. The molecule has 1 amide bonds. The molecular formula is C23H20N2O6S. The second kappa shape index (κ2) is 8.35. The summed E-state index contributed by atoms with van der Waals surface area (Å²) >= 11 is 0. The number of amides is 1. The number of anilines is 1. The van der Waals surface area contributed by atoms with Gasteiger partial charge in [-0.05, 0) is 55.5 Å². The maximum Gasteiger partial charge on any atom is 0.257 e. The van der Waals surface area contributed by atoms with E-state index >= 15 is 0 Å². The molecule has 0 aliphatic carbocycles. The number of aromatic nitrogens is 1. The minimum absolute atomic E-state index is 0.188. The monoisotopic (exact) mass is 452 g/mol. The van der Waals surface area contributed by atoms with Gasteiger partial charge >= 0.3 is 0 Å². The first-order chi connectivity index (χ1) is 15.2. The number of methoxy groups -OCH3 is 1. The molecule has 4 rings (SSSR count). The highest BCUT2D eigenvalue weighted by molar-refractivity contribution is 7.90. The summed E-state index contributed by atoms with van der Waals surface area (Å²) in [5.74, 6) is 1.97. The van der Waals surface area contributed by atoms with Crippen LogP contribution >= 0.6 is 0 Å². The Labute approximate surface area is 184 Å². The number of pyridine rings is 1. The molecule has 2 heterocycles. The van der Waals surface area contributed by atoms with Crippen LogP contribution in [0.5, 0.6) is 17.2 Å². The van der Waals surface area contributed by atoms with Crippen LogP contribution in [0.25, 0.3) is 11.0 Å². The third-order valence-corrected chi connectivity index (χ3v) is 5.80. The van der Waals surface area contributed by atoms with Gasteiger partial charge in [0.2, 0.25) is 0 Å². The van der Waals surface area contributed by atoms with Gasteiger partial charge in [-0.1, -0.05) is 0 Å². The molecule has 1 N–H and O–H groups in total. The Morgan fingerprint density at radius 2 is 1.78 bits per heavy atom. The van der Waals surface area contributed by atoms with Crippen LogP contribution in [0.15, 0.2) is 70.1 Å². The van der Waals surface area contributed by atoms with Gasteiger partial charge in [0.25, 0.3) is 5.91 Å². The van der Waals surface area contributed by atoms with Crippen LogP contribution in [0.3, 0.4) is 0 Å². The Bertz CT molecular complexity index is 1410. The van der Waals surface area contributed by atoms with Gasteiger partial charge in [-0.2, -0.15) is 0 Å². The van der Waals surface area contributed by atoms with Crippen molar-refractivity contribution in [3.63, 3.8) is 0 Å². The minimum atomic E-state index is -3.31. The van der Waals surface area contributed by atoms with Crippen LogP contribution in [0.1, 0.15) is 16.1 Å². The molecule has 0 aliphatic rings. The highest BCUT2D eigenvalue weighted by Crippen LogP contribution is 2.34. The van der Waals surface area contributed by atoms with E-state index in [9.17, 15) is 13.2 Å². The topological polar surface area (TPSA) is 108 Å². The number of benzene rings is 2. The summed E-state index contributed by atoms with van der Waals surface area (Å²) in [7, 11) is -1.79. The number of sulfone groups is 1. The van der Waals surface area contributed by atoms with Gasteiger partial charge in [0.15, 0.2) is 9.84 Å². The average Bonchev–Trinajstić information content (AvgIpc) is 3.14. The quantitative estimate of drug-likeness (QED) is 0.456. The van der Waals surface area contributed by atoms with E-state index in [0.717, 1.165) is 6.26 Å². The maximum atomic E-state index is 12.9. The van der Waals surface area contributed by atoms with Gasteiger partial charge in [0.1, 0.15) is 34.4 Å². The summed E-state index contributed by atoms with van der Waals surface area (Å²) in [6.45, 7) is 1.80. The zero-order valence-electron chi connectivity index (χ0n) is 17.6. The lowest BCUT2D eigenvalue weighted by Crippen LogP contribution is -2.13. The molecule has 0 atom stereocenters. The molecule has 0 unspecified atom stereocenters. The number of furan rings is 1. The first-order valence-corrected chi connectivity index (χ1v) is 11.5. The number of rotatable bonds is 6. The van der Waals surface area contributed by atoms with E-state index in [1.54, 1.807) is 49.4 Å². The summed E-state index contributed by atoms with van der Waals surface area (Å²) in [5, 5.41) is 3.41. The van der Waals surface area contributed by atoms with Gasteiger partial charge in [-0.15, -0.1) is 0 Å². The third kappa shape index (κ3) is 4.57. The van der Waals surface area contributed by atoms with Crippen LogP contribution in [0.4, 0.5) is 5.82 Å². The van der Waals surface area contributed by atoms with Crippen molar-refractivity contribution < 1.29 is 27.1 Å². The Hall–Kier alpha value is -3.85. The van der Waals surface area contributed by atoms with E-state index in [-0.39, 0.29) is 4.90 Å². The second-order valence-electron chi connectivity index (χ2n) is 7.12. The maximum absolute atomic E-state index is 12.9. The molecular weight excluding hydrogens is 432 g/mol. The normalized spacial score (nSPS) is 11.3. The molecule has 164 valence electrons. The first kappa shape index (κ1) is 21.4. The number of fused-ring (bicyclic) bond motifs is 1. The van der Waals surface area contributed by atoms with Crippen molar-refractivity contribution in [2.45, 2.75) is 11.8 Å². The van der Waals surface area contributed by atoms with Crippen molar-refractivity contribution in [1.82, 2.24) is 4.98 Å². The van der Waals surface area contributed by atoms with Gasteiger partial charge in [-0.3, -0.25) is 4.79 Å². The summed E-state index contributed by atoms with van der Waals surface area (Å²) < 4.78 is 40.2. The lowest BCUT2D eigenvalue weighted by molar-refractivity contribution is 0.102. The fraction of sp³-hybridized carbons (Fsp3) is 0.130.